The van der Waals surface area contributed by atoms with Crippen molar-refractivity contribution in [3.05, 3.63) is 80.5 Å². The first-order chi connectivity index (χ1) is 13.7. The Hall–Kier alpha value is -2.63. The van der Waals surface area contributed by atoms with E-state index in [0.717, 1.165) is 5.56 Å². The lowest BCUT2D eigenvalue weighted by Crippen LogP contribution is -2.25. The lowest BCUT2D eigenvalue weighted by molar-refractivity contribution is 0.0798. The Bertz CT molecular complexity index is 1090. The van der Waals surface area contributed by atoms with E-state index in [-0.39, 0.29) is 28.0 Å². The summed E-state index contributed by atoms with van der Waals surface area (Å²) in [6.45, 7) is 5.21. The number of ether oxygens (including phenoxy) is 1. The summed E-state index contributed by atoms with van der Waals surface area (Å²) < 4.78 is 7.28. The first kappa shape index (κ1) is 21.1. The number of halogens is 2. The molecule has 0 amide bonds. The molecule has 2 aromatic carbocycles. The predicted molar refractivity (Wildman–Crippen MR) is 113 cm³/mol. The normalized spacial score (nSPS) is 11.9. The van der Waals surface area contributed by atoms with Crippen LogP contribution in [0.25, 0.3) is 0 Å². The van der Waals surface area contributed by atoms with Crippen molar-refractivity contribution in [3.8, 4) is 5.88 Å². The monoisotopic (exact) mass is 430 g/mol. The number of hydrogen-bond acceptors (Lipinski definition) is 4. The maximum Gasteiger partial charge on any atom is 0.223 e. The van der Waals surface area contributed by atoms with Crippen LogP contribution in [0.15, 0.2) is 42.6 Å². The summed E-state index contributed by atoms with van der Waals surface area (Å²) in [7, 11) is 1.64. The fourth-order valence-electron chi connectivity index (χ4n) is 3.03. The Balaban J connectivity index is 1.94. The Labute approximate surface area is 179 Å². The second-order valence-corrected chi connectivity index (χ2v) is 7.56. The van der Waals surface area contributed by atoms with Gasteiger partial charge in [0.2, 0.25) is 17.4 Å². The molecular formula is C22H20Cl2N2O3. The first-order valence-corrected chi connectivity index (χ1v) is 9.75. The molecule has 5 nitrogen and oxygen atoms in total. The minimum atomic E-state index is -0.802. The first-order valence-electron chi connectivity index (χ1n) is 9.00. The zero-order chi connectivity index (χ0) is 21.3. The van der Waals surface area contributed by atoms with Crippen molar-refractivity contribution < 1.29 is 14.3 Å². The number of rotatable bonds is 6. The zero-order valence-electron chi connectivity index (χ0n) is 16.5. The number of benzene rings is 2. The van der Waals surface area contributed by atoms with E-state index in [4.69, 9.17) is 27.9 Å². The summed E-state index contributed by atoms with van der Waals surface area (Å²) in [4.78, 5) is 25.8. The molecule has 0 aliphatic carbocycles. The van der Waals surface area contributed by atoms with E-state index in [1.54, 1.807) is 51.2 Å². The number of aryl methyl sites for hydroxylation is 2. The Morgan fingerprint density at radius 2 is 1.72 bits per heavy atom. The minimum Gasteiger partial charge on any atom is -0.466 e. The topological polar surface area (TPSA) is 61.2 Å². The fourth-order valence-corrected chi connectivity index (χ4v) is 3.46. The predicted octanol–water partition coefficient (Wildman–Crippen LogP) is 5.22. The average Bonchev–Trinajstić information content (AvgIpc) is 3.08. The van der Waals surface area contributed by atoms with Gasteiger partial charge >= 0.3 is 0 Å². The van der Waals surface area contributed by atoms with Crippen molar-refractivity contribution in [2.24, 2.45) is 7.05 Å². The van der Waals surface area contributed by atoms with Crippen molar-refractivity contribution in [2.75, 3.05) is 0 Å². The van der Waals surface area contributed by atoms with Gasteiger partial charge in [0.1, 0.15) is 5.56 Å². The summed E-state index contributed by atoms with van der Waals surface area (Å²) in [6.07, 6.45) is 0.607. The van der Waals surface area contributed by atoms with Crippen molar-refractivity contribution in [1.29, 1.82) is 0 Å². The third-order valence-electron chi connectivity index (χ3n) is 4.69. The van der Waals surface area contributed by atoms with Crippen LogP contribution in [-0.4, -0.2) is 27.5 Å². The molecule has 1 atom stereocenters. The Kier molecular flexibility index (Phi) is 6.10. The van der Waals surface area contributed by atoms with Crippen LogP contribution >= 0.6 is 23.2 Å². The Morgan fingerprint density at radius 3 is 2.38 bits per heavy atom. The van der Waals surface area contributed by atoms with Crippen molar-refractivity contribution in [1.82, 2.24) is 9.78 Å². The lowest BCUT2D eigenvalue weighted by atomic mass is 10.0. The van der Waals surface area contributed by atoms with E-state index in [9.17, 15) is 9.59 Å². The van der Waals surface area contributed by atoms with E-state index in [1.165, 1.54) is 10.9 Å². The highest BCUT2D eigenvalue weighted by molar-refractivity contribution is 6.39. The summed E-state index contributed by atoms with van der Waals surface area (Å²) >= 11 is 12.6. The molecule has 0 aliphatic heterocycles. The summed E-state index contributed by atoms with van der Waals surface area (Å²) in [5.74, 6) is -0.338. The molecule has 0 spiro atoms. The van der Waals surface area contributed by atoms with Gasteiger partial charge in [-0.2, -0.15) is 5.10 Å². The summed E-state index contributed by atoms with van der Waals surface area (Å²) in [5.41, 5.74) is 2.45. The van der Waals surface area contributed by atoms with Gasteiger partial charge in [-0.1, -0.05) is 53.5 Å². The van der Waals surface area contributed by atoms with Crippen LogP contribution in [0.1, 0.15) is 44.3 Å². The number of ketones is 2. The van der Waals surface area contributed by atoms with Gasteiger partial charge in [0.25, 0.3) is 0 Å². The van der Waals surface area contributed by atoms with Crippen LogP contribution in [0.4, 0.5) is 0 Å². The van der Waals surface area contributed by atoms with E-state index >= 15 is 0 Å². The zero-order valence-corrected chi connectivity index (χ0v) is 18.0. The highest BCUT2D eigenvalue weighted by Crippen LogP contribution is 2.33. The molecule has 7 heteroatoms. The third-order valence-corrected chi connectivity index (χ3v) is 5.76. The molecule has 29 heavy (non-hydrogen) atoms. The SMILES string of the molecule is Cc1cc(C(=O)c2cnn(C)c2OC(C)C(=O)c2ccccc2)c(Cl)c(C)c1Cl. The smallest absolute Gasteiger partial charge is 0.223 e. The fraction of sp³-hybridized carbons (Fsp3) is 0.227. The highest BCUT2D eigenvalue weighted by Gasteiger charge is 2.26. The highest BCUT2D eigenvalue weighted by atomic mass is 35.5. The van der Waals surface area contributed by atoms with Gasteiger partial charge in [0.15, 0.2) is 6.10 Å². The minimum absolute atomic E-state index is 0.193. The van der Waals surface area contributed by atoms with Crippen LogP contribution in [0.3, 0.4) is 0 Å². The molecule has 1 unspecified atom stereocenters. The van der Waals surface area contributed by atoms with Crippen LogP contribution in [0.2, 0.25) is 10.0 Å². The number of aromatic nitrogens is 2. The molecule has 0 fully saturated rings. The molecule has 1 heterocycles. The molecule has 0 saturated heterocycles. The molecule has 3 rings (SSSR count). The van der Waals surface area contributed by atoms with Gasteiger partial charge in [-0.3, -0.25) is 9.59 Å². The number of hydrogen-bond donors (Lipinski definition) is 0. The summed E-state index contributed by atoms with van der Waals surface area (Å²) in [5, 5.41) is 4.94. The van der Waals surface area contributed by atoms with Crippen molar-refractivity contribution in [3.63, 3.8) is 0 Å². The van der Waals surface area contributed by atoms with Crippen LogP contribution in [0, 0.1) is 13.8 Å². The molecule has 3 aromatic rings. The summed E-state index contributed by atoms with van der Waals surface area (Å²) in [6, 6.07) is 10.5. The molecule has 0 saturated carbocycles. The molecule has 0 bridgehead atoms. The van der Waals surface area contributed by atoms with Gasteiger partial charge < -0.3 is 4.74 Å². The number of carbonyl (C=O) groups is 2. The van der Waals surface area contributed by atoms with E-state index in [2.05, 4.69) is 5.10 Å². The maximum atomic E-state index is 13.2. The van der Waals surface area contributed by atoms with Crippen molar-refractivity contribution in [2.45, 2.75) is 26.9 Å². The largest absolute Gasteiger partial charge is 0.466 e. The van der Waals surface area contributed by atoms with Gasteiger partial charge in [0, 0.05) is 23.2 Å². The van der Waals surface area contributed by atoms with Gasteiger partial charge in [-0.05, 0) is 38.0 Å². The Morgan fingerprint density at radius 1 is 1.07 bits per heavy atom. The third kappa shape index (κ3) is 4.07. The van der Waals surface area contributed by atoms with Gasteiger partial charge in [0.05, 0.1) is 11.2 Å². The molecule has 1 aromatic heterocycles. The van der Waals surface area contributed by atoms with Crippen LogP contribution in [-0.2, 0) is 7.05 Å². The van der Waals surface area contributed by atoms with E-state index < -0.39 is 6.10 Å². The molecule has 0 N–H and O–H groups in total. The van der Waals surface area contributed by atoms with E-state index in [0.29, 0.717) is 21.7 Å². The lowest BCUT2D eigenvalue weighted by Gasteiger charge is -2.16. The maximum absolute atomic E-state index is 13.2. The standard InChI is InChI=1S/C22H20Cl2N2O3/c1-12-10-16(19(24)13(2)18(12)23)21(28)17-11-25-26(4)22(17)29-14(3)20(27)15-8-6-5-7-9-15/h5-11,14H,1-4H3. The van der Waals surface area contributed by atoms with Gasteiger partial charge in [-0.25, -0.2) is 4.68 Å². The van der Waals surface area contributed by atoms with E-state index in [1.807, 2.05) is 13.0 Å². The number of nitrogens with zero attached hydrogens (tertiary/aromatic N) is 2. The molecule has 150 valence electrons. The molecule has 0 aliphatic rings. The quantitative estimate of drug-likeness (QED) is 0.502. The van der Waals surface area contributed by atoms with Crippen LogP contribution in [0.5, 0.6) is 5.88 Å². The second kappa shape index (κ2) is 8.39. The van der Waals surface area contributed by atoms with Crippen molar-refractivity contribution >= 4 is 34.8 Å². The second-order valence-electron chi connectivity index (χ2n) is 6.80. The van der Waals surface area contributed by atoms with Crippen LogP contribution < -0.4 is 4.74 Å². The number of carbonyl (C=O) groups excluding carboxylic acids is 2. The number of Topliss-reactive ketones (excluding diaryl/α,β-unsaturated/α-hetero) is 1. The molecule has 0 radical (unpaired) electrons. The average molecular weight is 431 g/mol. The van der Waals surface area contributed by atoms with Gasteiger partial charge in [-0.15, -0.1) is 0 Å². The molecular weight excluding hydrogens is 411 g/mol.